The number of nitrogens with zero attached hydrogens (tertiary/aromatic N) is 1. The van der Waals surface area contributed by atoms with Crippen LogP contribution in [0.15, 0.2) is 42.7 Å². The molecular weight excluding hydrogens is 240 g/mol. The van der Waals surface area contributed by atoms with Gasteiger partial charge in [0.25, 0.3) is 5.91 Å². The van der Waals surface area contributed by atoms with E-state index in [0.717, 1.165) is 17.5 Å². The molecule has 1 aromatic carbocycles. The second-order valence-electron chi connectivity index (χ2n) is 4.36. The van der Waals surface area contributed by atoms with Crippen LogP contribution in [0.25, 0.3) is 0 Å². The maximum Gasteiger partial charge on any atom is 0.251 e. The van der Waals surface area contributed by atoms with Gasteiger partial charge in [-0.1, -0.05) is 0 Å². The SMILES string of the molecule is Cc1cc(O)ccc1C(=O)NCCc1ccncc1. The molecule has 0 atom stereocenters. The van der Waals surface area contributed by atoms with Crippen LogP contribution < -0.4 is 5.32 Å². The van der Waals surface area contributed by atoms with Crippen molar-refractivity contribution < 1.29 is 9.90 Å². The molecule has 2 rings (SSSR count). The molecular formula is C15H16N2O2. The Hall–Kier alpha value is -2.36. The third kappa shape index (κ3) is 3.55. The van der Waals surface area contributed by atoms with Gasteiger partial charge in [0.1, 0.15) is 5.75 Å². The molecule has 0 spiro atoms. The summed E-state index contributed by atoms with van der Waals surface area (Å²) in [5.74, 6) is 0.0531. The van der Waals surface area contributed by atoms with Crippen LogP contribution in [0.3, 0.4) is 0 Å². The fourth-order valence-corrected chi connectivity index (χ4v) is 1.87. The largest absolute Gasteiger partial charge is 0.508 e. The zero-order valence-corrected chi connectivity index (χ0v) is 10.8. The molecule has 0 aliphatic rings. The van der Waals surface area contributed by atoms with Gasteiger partial charge in [-0.2, -0.15) is 0 Å². The van der Waals surface area contributed by atoms with Crippen molar-refractivity contribution in [2.75, 3.05) is 6.54 Å². The van der Waals surface area contributed by atoms with E-state index in [2.05, 4.69) is 10.3 Å². The Labute approximate surface area is 112 Å². The van der Waals surface area contributed by atoms with E-state index in [1.54, 1.807) is 31.5 Å². The quantitative estimate of drug-likeness (QED) is 0.880. The lowest BCUT2D eigenvalue weighted by atomic mass is 10.1. The molecule has 1 heterocycles. The van der Waals surface area contributed by atoms with Gasteiger partial charge in [0.05, 0.1) is 0 Å². The molecule has 1 aromatic heterocycles. The van der Waals surface area contributed by atoms with Gasteiger partial charge in [0.15, 0.2) is 0 Å². The van der Waals surface area contributed by atoms with Crippen molar-refractivity contribution >= 4 is 5.91 Å². The Bertz CT molecular complexity index is 568. The van der Waals surface area contributed by atoms with Crippen LogP contribution in [0.2, 0.25) is 0 Å². The number of hydrogen-bond acceptors (Lipinski definition) is 3. The van der Waals surface area contributed by atoms with Gasteiger partial charge in [0.2, 0.25) is 0 Å². The molecule has 19 heavy (non-hydrogen) atoms. The lowest BCUT2D eigenvalue weighted by molar-refractivity contribution is 0.0953. The molecule has 0 aliphatic carbocycles. The molecule has 0 bridgehead atoms. The highest BCUT2D eigenvalue weighted by molar-refractivity contribution is 5.95. The van der Waals surface area contributed by atoms with E-state index in [1.807, 2.05) is 12.1 Å². The van der Waals surface area contributed by atoms with Crippen molar-refractivity contribution in [1.82, 2.24) is 10.3 Å². The summed E-state index contributed by atoms with van der Waals surface area (Å²) < 4.78 is 0. The number of carbonyl (C=O) groups is 1. The second-order valence-corrected chi connectivity index (χ2v) is 4.36. The molecule has 0 saturated heterocycles. The molecule has 0 unspecified atom stereocenters. The highest BCUT2D eigenvalue weighted by atomic mass is 16.3. The smallest absolute Gasteiger partial charge is 0.251 e. The van der Waals surface area contributed by atoms with Crippen molar-refractivity contribution in [2.45, 2.75) is 13.3 Å². The number of aromatic nitrogens is 1. The summed E-state index contributed by atoms with van der Waals surface area (Å²) in [7, 11) is 0. The number of nitrogens with one attached hydrogen (secondary N) is 1. The fourth-order valence-electron chi connectivity index (χ4n) is 1.87. The lowest BCUT2D eigenvalue weighted by Crippen LogP contribution is -2.26. The number of hydrogen-bond donors (Lipinski definition) is 2. The summed E-state index contributed by atoms with van der Waals surface area (Å²) in [6.07, 6.45) is 4.24. The van der Waals surface area contributed by atoms with Crippen LogP contribution in [0.5, 0.6) is 5.75 Å². The van der Waals surface area contributed by atoms with Gasteiger partial charge < -0.3 is 10.4 Å². The Kier molecular flexibility index (Phi) is 4.13. The van der Waals surface area contributed by atoms with E-state index in [4.69, 9.17) is 0 Å². The number of aromatic hydroxyl groups is 1. The molecule has 1 amide bonds. The number of benzene rings is 1. The minimum Gasteiger partial charge on any atom is -0.508 e. The van der Waals surface area contributed by atoms with E-state index in [-0.39, 0.29) is 11.7 Å². The predicted molar refractivity (Wildman–Crippen MR) is 73.1 cm³/mol. The second kappa shape index (κ2) is 6.00. The van der Waals surface area contributed by atoms with E-state index in [1.165, 1.54) is 6.07 Å². The topological polar surface area (TPSA) is 62.2 Å². The minimum atomic E-state index is -0.119. The Morgan fingerprint density at radius 2 is 2.00 bits per heavy atom. The Morgan fingerprint density at radius 1 is 1.26 bits per heavy atom. The first-order chi connectivity index (χ1) is 9.16. The predicted octanol–water partition coefficient (Wildman–Crippen LogP) is 2.07. The average Bonchev–Trinajstić information content (AvgIpc) is 2.39. The third-order valence-electron chi connectivity index (χ3n) is 2.90. The number of rotatable bonds is 4. The van der Waals surface area contributed by atoms with Crippen LogP contribution in [0.4, 0.5) is 0 Å². The maximum atomic E-state index is 12.0. The van der Waals surface area contributed by atoms with E-state index >= 15 is 0 Å². The van der Waals surface area contributed by atoms with E-state index in [9.17, 15) is 9.90 Å². The highest BCUT2D eigenvalue weighted by Crippen LogP contribution is 2.15. The van der Waals surface area contributed by atoms with E-state index < -0.39 is 0 Å². The van der Waals surface area contributed by atoms with Crippen LogP contribution in [0, 0.1) is 6.92 Å². The first kappa shape index (κ1) is 13.1. The molecule has 2 aromatic rings. The number of carbonyl (C=O) groups excluding carboxylic acids is 1. The van der Waals surface area contributed by atoms with Crippen molar-refractivity contribution in [2.24, 2.45) is 0 Å². The lowest BCUT2D eigenvalue weighted by Gasteiger charge is -2.08. The number of phenols is 1. The summed E-state index contributed by atoms with van der Waals surface area (Å²) in [4.78, 5) is 15.9. The number of amides is 1. The molecule has 98 valence electrons. The maximum absolute atomic E-state index is 12.0. The summed E-state index contributed by atoms with van der Waals surface area (Å²) >= 11 is 0. The molecule has 0 fully saturated rings. The van der Waals surface area contributed by atoms with Gasteiger partial charge >= 0.3 is 0 Å². The first-order valence-corrected chi connectivity index (χ1v) is 6.13. The van der Waals surface area contributed by atoms with Crippen LogP contribution in [0.1, 0.15) is 21.5 Å². The molecule has 0 saturated carbocycles. The van der Waals surface area contributed by atoms with E-state index in [0.29, 0.717) is 12.1 Å². The summed E-state index contributed by atoms with van der Waals surface area (Å²) in [5.41, 5.74) is 2.49. The summed E-state index contributed by atoms with van der Waals surface area (Å²) in [6.45, 7) is 2.38. The highest BCUT2D eigenvalue weighted by Gasteiger charge is 2.08. The minimum absolute atomic E-state index is 0.119. The fraction of sp³-hybridized carbons (Fsp3) is 0.200. The van der Waals surface area contributed by atoms with Gasteiger partial charge in [0, 0.05) is 24.5 Å². The molecule has 4 heteroatoms. The number of pyridine rings is 1. The van der Waals surface area contributed by atoms with Crippen molar-refractivity contribution in [3.63, 3.8) is 0 Å². The zero-order valence-electron chi connectivity index (χ0n) is 10.8. The molecule has 0 aliphatic heterocycles. The third-order valence-corrected chi connectivity index (χ3v) is 2.90. The zero-order chi connectivity index (χ0) is 13.7. The Morgan fingerprint density at radius 3 is 2.68 bits per heavy atom. The van der Waals surface area contributed by atoms with Gasteiger partial charge in [-0.15, -0.1) is 0 Å². The van der Waals surface area contributed by atoms with Crippen molar-refractivity contribution in [1.29, 1.82) is 0 Å². The van der Waals surface area contributed by atoms with Crippen LogP contribution >= 0.6 is 0 Å². The van der Waals surface area contributed by atoms with Gasteiger partial charge in [-0.3, -0.25) is 9.78 Å². The van der Waals surface area contributed by atoms with Gasteiger partial charge in [-0.05, 0) is 54.8 Å². The van der Waals surface area contributed by atoms with Crippen LogP contribution in [-0.4, -0.2) is 22.5 Å². The normalized spacial score (nSPS) is 10.2. The van der Waals surface area contributed by atoms with Crippen molar-refractivity contribution in [3.05, 3.63) is 59.4 Å². The molecule has 4 nitrogen and oxygen atoms in total. The molecule has 0 radical (unpaired) electrons. The Balaban J connectivity index is 1.91. The first-order valence-electron chi connectivity index (χ1n) is 6.13. The monoisotopic (exact) mass is 256 g/mol. The summed E-state index contributed by atoms with van der Waals surface area (Å²) in [6, 6.07) is 8.59. The summed E-state index contributed by atoms with van der Waals surface area (Å²) in [5, 5.41) is 12.2. The van der Waals surface area contributed by atoms with Gasteiger partial charge in [-0.25, -0.2) is 0 Å². The molecule has 2 N–H and O–H groups in total. The number of phenolic OH excluding ortho intramolecular Hbond substituents is 1. The van der Waals surface area contributed by atoms with Crippen LogP contribution in [-0.2, 0) is 6.42 Å². The number of aryl methyl sites for hydroxylation is 1. The average molecular weight is 256 g/mol. The standard InChI is InChI=1S/C15H16N2O2/c1-11-10-13(18)2-3-14(11)15(19)17-9-6-12-4-7-16-8-5-12/h2-5,7-8,10,18H,6,9H2,1H3,(H,17,19). The van der Waals surface area contributed by atoms with Crippen molar-refractivity contribution in [3.8, 4) is 5.75 Å².